The number of aromatic nitrogens is 5. The minimum Gasteiger partial charge on any atom is -0.338 e. The van der Waals surface area contributed by atoms with Crippen LogP contribution in [-0.4, -0.2) is 24.9 Å². The van der Waals surface area contributed by atoms with Gasteiger partial charge in [-0.15, -0.1) is 10.2 Å². The van der Waals surface area contributed by atoms with E-state index in [2.05, 4.69) is 77.7 Å². The van der Waals surface area contributed by atoms with Crippen LogP contribution < -0.4 is 0 Å². The minimum absolute atomic E-state index is 0.00143. The average molecular weight is 372 g/mol. The molecular weight excluding hydrogens is 346 g/mol. The van der Waals surface area contributed by atoms with Crippen molar-refractivity contribution in [1.82, 2.24) is 24.9 Å². The third kappa shape index (κ3) is 3.82. The highest BCUT2D eigenvalue weighted by Crippen LogP contribution is 2.35. The second kappa shape index (κ2) is 7.23. The molecule has 138 valence electrons. The van der Waals surface area contributed by atoms with Gasteiger partial charge in [0.1, 0.15) is 0 Å². The van der Waals surface area contributed by atoms with Gasteiger partial charge in [0.05, 0.1) is 5.25 Å². The molecule has 0 spiro atoms. The highest BCUT2D eigenvalue weighted by Gasteiger charge is 2.25. The Balaban J connectivity index is 1.85. The van der Waals surface area contributed by atoms with E-state index < -0.39 is 0 Å². The molecule has 0 saturated heterocycles. The van der Waals surface area contributed by atoms with E-state index in [1.165, 1.54) is 5.56 Å². The van der Waals surface area contributed by atoms with E-state index in [4.69, 9.17) is 4.52 Å². The third-order valence-electron chi connectivity index (χ3n) is 4.05. The number of hydrogen-bond donors (Lipinski definition) is 0. The van der Waals surface area contributed by atoms with Crippen LogP contribution in [0.3, 0.4) is 0 Å². The number of hydrogen-bond acceptors (Lipinski definition) is 6. The van der Waals surface area contributed by atoms with Crippen LogP contribution in [0.25, 0.3) is 11.4 Å². The Hall–Kier alpha value is -2.15. The number of rotatable bonds is 5. The molecule has 1 atom stereocenters. The summed E-state index contributed by atoms with van der Waals surface area (Å²) in [6.45, 7) is 13.2. The summed E-state index contributed by atoms with van der Waals surface area (Å²) < 4.78 is 7.59. The molecule has 0 radical (unpaired) electrons. The predicted octanol–water partition coefficient (Wildman–Crippen LogP) is 4.81. The minimum atomic E-state index is -0.131. The maximum atomic E-state index is 5.47. The molecule has 1 unspecified atom stereocenters. The van der Waals surface area contributed by atoms with Gasteiger partial charge in [-0.25, -0.2) is 0 Å². The van der Waals surface area contributed by atoms with Gasteiger partial charge in [-0.3, -0.25) is 0 Å². The quantitative estimate of drug-likeness (QED) is 0.600. The average Bonchev–Trinajstić information content (AvgIpc) is 3.21. The largest absolute Gasteiger partial charge is 0.338 e. The molecule has 2 heterocycles. The number of nitrogens with zero attached hydrogens (tertiary/aromatic N) is 5. The van der Waals surface area contributed by atoms with Gasteiger partial charge < -0.3 is 9.09 Å². The molecule has 0 aliphatic heterocycles. The molecular formula is C19H25N5OS. The van der Waals surface area contributed by atoms with E-state index in [9.17, 15) is 0 Å². The van der Waals surface area contributed by atoms with Crippen molar-refractivity contribution in [3.8, 4) is 11.4 Å². The van der Waals surface area contributed by atoms with Crippen molar-refractivity contribution in [3.63, 3.8) is 0 Å². The van der Waals surface area contributed by atoms with E-state index >= 15 is 0 Å². The first-order valence-electron chi connectivity index (χ1n) is 8.80. The van der Waals surface area contributed by atoms with Crippen LogP contribution in [0, 0.1) is 6.92 Å². The summed E-state index contributed by atoms with van der Waals surface area (Å²) >= 11 is 1.58. The highest BCUT2D eigenvalue weighted by atomic mass is 32.2. The molecule has 0 aliphatic carbocycles. The molecule has 3 rings (SSSR count). The normalized spacial score (nSPS) is 13.2. The Kier molecular flexibility index (Phi) is 5.18. The fourth-order valence-electron chi connectivity index (χ4n) is 2.57. The van der Waals surface area contributed by atoms with Crippen LogP contribution in [0.15, 0.2) is 33.9 Å². The van der Waals surface area contributed by atoms with Crippen molar-refractivity contribution in [3.05, 3.63) is 41.5 Å². The maximum Gasteiger partial charge on any atom is 0.239 e. The molecule has 0 bridgehead atoms. The zero-order valence-electron chi connectivity index (χ0n) is 16.1. The molecule has 26 heavy (non-hydrogen) atoms. The topological polar surface area (TPSA) is 69.6 Å². The van der Waals surface area contributed by atoms with Gasteiger partial charge in [0.2, 0.25) is 5.89 Å². The Morgan fingerprint density at radius 3 is 2.62 bits per heavy atom. The van der Waals surface area contributed by atoms with Crippen LogP contribution in [-0.2, 0) is 12.0 Å². The summed E-state index contributed by atoms with van der Waals surface area (Å²) in [5.74, 6) is 2.21. The van der Waals surface area contributed by atoms with Gasteiger partial charge in [0, 0.05) is 17.5 Å². The first-order valence-corrected chi connectivity index (χ1v) is 9.68. The summed E-state index contributed by atoms with van der Waals surface area (Å²) in [4.78, 5) is 4.55. The summed E-state index contributed by atoms with van der Waals surface area (Å²) in [7, 11) is 0. The summed E-state index contributed by atoms with van der Waals surface area (Å²) in [6.07, 6.45) is 0. The van der Waals surface area contributed by atoms with Crippen LogP contribution in [0.2, 0.25) is 0 Å². The van der Waals surface area contributed by atoms with Crippen molar-refractivity contribution in [2.45, 2.75) is 63.9 Å². The SMILES string of the molecule is CCn1c(SC(C)c2nc(C(C)(C)C)no2)nnc1-c1cccc(C)c1. The monoisotopic (exact) mass is 371 g/mol. The lowest BCUT2D eigenvalue weighted by atomic mass is 9.96. The lowest BCUT2D eigenvalue weighted by Crippen LogP contribution is -2.13. The van der Waals surface area contributed by atoms with Crippen molar-refractivity contribution in [2.24, 2.45) is 0 Å². The third-order valence-corrected chi connectivity index (χ3v) is 5.12. The second-order valence-electron chi connectivity index (χ2n) is 7.39. The molecule has 0 amide bonds. The Bertz CT molecular complexity index is 893. The molecule has 0 N–H and O–H groups in total. The molecule has 1 aromatic carbocycles. The first kappa shape index (κ1) is 18.6. The van der Waals surface area contributed by atoms with Gasteiger partial charge in [-0.2, -0.15) is 4.98 Å². The Morgan fingerprint density at radius 2 is 2.00 bits per heavy atom. The fourth-order valence-corrected chi connectivity index (χ4v) is 3.52. The van der Waals surface area contributed by atoms with E-state index in [1.807, 2.05) is 13.0 Å². The zero-order valence-corrected chi connectivity index (χ0v) is 17.0. The van der Waals surface area contributed by atoms with E-state index in [0.29, 0.717) is 5.89 Å². The van der Waals surface area contributed by atoms with Crippen LogP contribution in [0.1, 0.15) is 57.1 Å². The number of thioether (sulfide) groups is 1. The Morgan fingerprint density at radius 1 is 1.23 bits per heavy atom. The van der Waals surface area contributed by atoms with Crippen LogP contribution in [0.4, 0.5) is 0 Å². The molecule has 6 nitrogen and oxygen atoms in total. The molecule has 3 aromatic rings. The van der Waals surface area contributed by atoms with E-state index in [1.54, 1.807) is 11.8 Å². The fraction of sp³-hybridized carbons (Fsp3) is 0.474. The summed E-state index contributed by atoms with van der Waals surface area (Å²) in [5, 5.41) is 13.8. The summed E-state index contributed by atoms with van der Waals surface area (Å²) in [5.41, 5.74) is 2.15. The molecule has 2 aromatic heterocycles. The van der Waals surface area contributed by atoms with Gasteiger partial charge in [-0.05, 0) is 26.8 Å². The smallest absolute Gasteiger partial charge is 0.239 e. The standard InChI is InChI=1S/C19H25N5OS/c1-7-24-15(14-10-8-9-12(2)11-14)21-22-18(24)26-13(3)16-20-17(23-25-16)19(4,5)6/h8-11,13H,7H2,1-6H3. The zero-order chi connectivity index (χ0) is 18.9. The molecule has 0 fully saturated rings. The first-order chi connectivity index (χ1) is 12.3. The number of aryl methyl sites for hydroxylation is 1. The lowest BCUT2D eigenvalue weighted by Gasteiger charge is -2.11. The molecule has 0 aliphatic rings. The van der Waals surface area contributed by atoms with Gasteiger partial charge in [-0.1, -0.05) is 61.5 Å². The van der Waals surface area contributed by atoms with Crippen LogP contribution in [0.5, 0.6) is 0 Å². The molecule has 0 saturated carbocycles. The highest BCUT2D eigenvalue weighted by molar-refractivity contribution is 7.99. The van der Waals surface area contributed by atoms with Crippen molar-refractivity contribution in [2.75, 3.05) is 0 Å². The van der Waals surface area contributed by atoms with E-state index in [0.717, 1.165) is 28.9 Å². The maximum absolute atomic E-state index is 5.47. The second-order valence-corrected chi connectivity index (χ2v) is 8.69. The van der Waals surface area contributed by atoms with Gasteiger partial charge >= 0.3 is 0 Å². The Labute approximate surface area is 158 Å². The van der Waals surface area contributed by atoms with E-state index in [-0.39, 0.29) is 10.7 Å². The number of benzene rings is 1. The summed E-state index contributed by atoms with van der Waals surface area (Å²) in [6, 6.07) is 8.31. The van der Waals surface area contributed by atoms with Crippen molar-refractivity contribution in [1.29, 1.82) is 0 Å². The van der Waals surface area contributed by atoms with Crippen molar-refractivity contribution >= 4 is 11.8 Å². The molecule has 7 heteroatoms. The van der Waals surface area contributed by atoms with Crippen LogP contribution >= 0.6 is 11.8 Å². The van der Waals surface area contributed by atoms with Crippen molar-refractivity contribution < 1.29 is 4.52 Å². The lowest BCUT2D eigenvalue weighted by molar-refractivity contribution is 0.364. The van der Waals surface area contributed by atoms with Gasteiger partial charge in [0.15, 0.2) is 16.8 Å². The van der Waals surface area contributed by atoms with Gasteiger partial charge in [0.25, 0.3) is 0 Å². The predicted molar refractivity (Wildman–Crippen MR) is 103 cm³/mol.